The highest BCUT2D eigenvalue weighted by Gasteiger charge is 2.22. The minimum atomic E-state index is -3.71. The van der Waals surface area contributed by atoms with Crippen molar-refractivity contribution in [1.29, 1.82) is 0 Å². The van der Waals surface area contributed by atoms with E-state index in [0.717, 1.165) is 9.87 Å². The van der Waals surface area contributed by atoms with E-state index in [1.807, 2.05) is 13.0 Å². The van der Waals surface area contributed by atoms with E-state index >= 15 is 0 Å². The van der Waals surface area contributed by atoms with E-state index in [2.05, 4.69) is 0 Å². The van der Waals surface area contributed by atoms with Crippen molar-refractivity contribution in [2.45, 2.75) is 11.8 Å². The number of anilines is 1. The van der Waals surface area contributed by atoms with Gasteiger partial charge >= 0.3 is 0 Å². The van der Waals surface area contributed by atoms with Gasteiger partial charge in [-0.25, -0.2) is 12.7 Å². The van der Waals surface area contributed by atoms with Crippen LogP contribution in [0.25, 0.3) is 0 Å². The molecule has 4 nitrogen and oxygen atoms in total. The van der Waals surface area contributed by atoms with Gasteiger partial charge in [0, 0.05) is 6.20 Å². The first kappa shape index (κ1) is 15.3. The zero-order valence-corrected chi connectivity index (χ0v) is 12.5. The van der Waals surface area contributed by atoms with Crippen LogP contribution in [0.4, 0.5) is 5.69 Å². The molecule has 0 aliphatic heterocycles. The fourth-order valence-corrected chi connectivity index (χ4v) is 3.20. The molecular weight excluding hydrogens is 286 g/mol. The fourth-order valence-electron chi connectivity index (χ4n) is 1.85. The Morgan fingerprint density at radius 1 is 1.05 bits per heavy atom. The van der Waals surface area contributed by atoms with Crippen LogP contribution in [0.1, 0.15) is 5.56 Å². The number of aryl methyl sites for hydroxylation is 1. The third-order valence-corrected chi connectivity index (χ3v) is 4.65. The number of aliphatic hydroxyl groups is 1. The van der Waals surface area contributed by atoms with Crippen molar-refractivity contribution < 1.29 is 13.5 Å². The lowest BCUT2D eigenvalue weighted by Crippen LogP contribution is -2.25. The summed E-state index contributed by atoms with van der Waals surface area (Å²) in [5, 5.41) is 8.93. The van der Waals surface area contributed by atoms with Crippen LogP contribution in [-0.2, 0) is 10.0 Å². The van der Waals surface area contributed by atoms with Gasteiger partial charge < -0.3 is 5.11 Å². The molecule has 0 aliphatic rings. The largest absolute Gasteiger partial charge is 0.392 e. The Bertz CT molecular complexity index is 707. The van der Waals surface area contributed by atoms with E-state index in [1.165, 1.54) is 12.3 Å². The van der Waals surface area contributed by atoms with Crippen LogP contribution in [0.2, 0.25) is 0 Å². The summed E-state index contributed by atoms with van der Waals surface area (Å²) in [5.41, 5.74) is 1.51. The molecule has 0 spiro atoms. The second-order valence-electron chi connectivity index (χ2n) is 4.52. The maximum atomic E-state index is 12.7. The lowest BCUT2D eigenvalue weighted by atomic mass is 10.2. The van der Waals surface area contributed by atoms with Crippen LogP contribution < -0.4 is 4.31 Å². The fraction of sp³-hybridized carbons (Fsp3) is 0.125. The summed E-state index contributed by atoms with van der Waals surface area (Å²) >= 11 is 0. The number of nitrogens with zero attached hydrogens (tertiary/aromatic N) is 1. The molecule has 0 bridgehead atoms. The summed E-state index contributed by atoms with van der Waals surface area (Å²) < 4.78 is 26.6. The van der Waals surface area contributed by atoms with Gasteiger partial charge in [0.05, 0.1) is 17.2 Å². The maximum Gasteiger partial charge on any atom is 0.268 e. The van der Waals surface area contributed by atoms with E-state index in [1.54, 1.807) is 48.5 Å². The Morgan fingerprint density at radius 3 is 2.24 bits per heavy atom. The zero-order chi connectivity index (χ0) is 15.3. The highest BCUT2D eigenvalue weighted by Crippen LogP contribution is 2.24. The number of hydrogen-bond donors (Lipinski definition) is 1. The van der Waals surface area contributed by atoms with Gasteiger partial charge in [-0.3, -0.25) is 0 Å². The SMILES string of the molecule is Cc1ccc(S(=O)(=O)N(/C=C/CO)c2ccccc2)cc1. The first-order valence-corrected chi connectivity index (χ1v) is 7.93. The first-order chi connectivity index (χ1) is 10.1. The van der Waals surface area contributed by atoms with E-state index in [0.29, 0.717) is 5.69 Å². The topological polar surface area (TPSA) is 57.6 Å². The Labute approximate surface area is 125 Å². The van der Waals surface area contributed by atoms with Crippen LogP contribution in [-0.4, -0.2) is 20.1 Å². The summed E-state index contributed by atoms with van der Waals surface area (Å²) in [7, 11) is -3.71. The quantitative estimate of drug-likeness (QED) is 0.924. The smallest absolute Gasteiger partial charge is 0.268 e. The number of aliphatic hydroxyl groups excluding tert-OH is 1. The molecular formula is C16H17NO3S. The normalized spacial score (nSPS) is 11.7. The molecule has 2 aromatic carbocycles. The van der Waals surface area contributed by atoms with Gasteiger partial charge in [0.15, 0.2) is 0 Å². The standard InChI is InChI=1S/C16H17NO3S/c1-14-8-10-16(11-9-14)21(19,20)17(12-5-13-18)15-6-3-2-4-7-15/h2-12,18H,13H2,1H3/b12-5+. The minimum absolute atomic E-state index is 0.208. The van der Waals surface area contributed by atoms with Gasteiger partial charge in [0.25, 0.3) is 10.0 Å². The van der Waals surface area contributed by atoms with Crippen LogP contribution >= 0.6 is 0 Å². The van der Waals surface area contributed by atoms with Gasteiger partial charge in [0.2, 0.25) is 0 Å². The van der Waals surface area contributed by atoms with Gasteiger partial charge in [0.1, 0.15) is 0 Å². The van der Waals surface area contributed by atoms with E-state index < -0.39 is 10.0 Å². The highest BCUT2D eigenvalue weighted by atomic mass is 32.2. The molecule has 0 aliphatic carbocycles. The lowest BCUT2D eigenvalue weighted by molar-refractivity contribution is 0.342. The van der Waals surface area contributed by atoms with E-state index in [-0.39, 0.29) is 11.5 Å². The number of hydrogen-bond acceptors (Lipinski definition) is 3. The summed E-state index contributed by atoms with van der Waals surface area (Å²) in [6, 6.07) is 15.4. The van der Waals surface area contributed by atoms with Gasteiger partial charge in [-0.15, -0.1) is 0 Å². The first-order valence-electron chi connectivity index (χ1n) is 6.49. The molecule has 0 aromatic heterocycles. The van der Waals surface area contributed by atoms with Gasteiger partial charge in [-0.2, -0.15) is 0 Å². The molecule has 21 heavy (non-hydrogen) atoms. The monoisotopic (exact) mass is 303 g/mol. The molecule has 0 unspecified atom stereocenters. The van der Waals surface area contributed by atoms with Crippen molar-refractivity contribution in [3.05, 3.63) is 72.4 Å². The Balaban J connectivity index is 2.49. The molecule has 1 N–H and O–H groups in total. The van der Waals surface area contributed by atoms with Crippen molar-refractivity contribution >= 4 is 15.7 Å². The van der Waals surface area contributed by atoms with E-state index in [9.17, 15) is 8.42 Å². The molecule has 0 heterocycles. The van der Waals surface area contributed by atoms with Crippen molar-refractivity contribution in [3.63, 3.8) is 0 Å². The van der Waals surface area contributed by atoms with Crippen molar-refractivity contribution in [1.82, 2.24) is 0 Å². The Hall–Kier alpha value is -2.11. The minimum Gasteiger partial charge on any atom is -0.392 e. The number of sulfonamides is 1. The second kappa shape index (κ2) is 6.56. The molecule has 110 valence electrons. The third-order valence-electron chi connectivity index (χ3n) is 2.93. The summed E-state index contributed by atoms with van der Waals surface area (Å²) in [5.74, 6) is 0. The van der Waals surface area contributed by atoms with Crippen LogP contribution in [0.3, 0.4) is 0 Å². The van der Waals surface area contributed by atoms with Crippen LogP contribution in [0.5, 0.6) is 0 Å². The predicted molar refractivity (Wildman–Crippen MR) is 83.5 cm³/mol. The molecule has 0 fully saturated rings. The molecule has 0 saturated heterocycles. The number of rotatable bonds is 5. The van der Waals surface area contributed by atoms with Gasteiger partial charge in [-0.05, 0) is 37.3 Å². The number of para-hydroxylation sites is 1. The second-order valence-corrected chi connectivity index (χ2v) is 6.33. The van der Waals surface area contributed by atoms with Crippen LogP contribution in [0, 0.1) is 6.92 Å². The average molecular weight is 303 g/mol. The highest BCUT2D eigenvalue weighted by molar-refractivity contribution is 7.93. The molecule has 0 amide bonds. The van der Waals surface area contributed by atoms with Crippen molar-refractivity contribution in [2.75, 3.05) is 10.9 Å². The van der Waals surface area contributed by atoms with Gasteiger partial charge in [-0.1, -0.05) is 35.9 Å². The molecule has 0 radical (unpaired) electrons. The summed E-state index contributed by atoms with van der Waals surface area (Å²) in [4.78, 5) is 0.208. The molecule has 5 heteroatoms. The Kier molecular flexibility index (Phi) is 4.77. The summed E-state index contributed by atoms with van der Waals surface area (Å²) in [6.07, 6.45) is 2.75. The zero-order valence-electron chi connectivity index (χ0n) is 11.7. The average Bonchev–Trinajstić information content (AvgIpc) is 2.49. The molecule has 0 saturated carbocycles. The summed E-state index contributed by atoms with van der Waals surface area (Å²) in [6.45, 7) is 1.67. The van der Waals surface area contributed by atoms with Crippen molar-refractivity contribution in [3.8, 4) is 0 Å². The van der Waals surface area contributed by atoms with E-state index in [4.69, 9.17) is 5.11 Å². The molecule has 0 atom stereocenters. The lowest BCUT2D eigenvalue weighted by Gasteiger charge is -2.20. The molecule has 2 aromatic rings. The third kappa shape index (κ3) is 3.51. The maximum absolute atomic E-state index is 12.7. The predicted octanol–water partition coefficient (Wildman–Crippen LogP) is 2.70. The number of benzene rings is 2. The van der Waals surface area contributed by atoms with Crippen LogP contribution in [0.15, 0.2) is 71.8 Å². The van der Waals surface area contributed by atoms with Crippen molar-refractivity contribution in [2.24, 2.45) is 0 Å². The Morgan fingerprint density at radius 2 is 1.67 bits per heavy atom. The molecule has 2 rings (SSSR count).